The van der Waals surface area contributed by atoms with Crippen LogP contribution in [0.15, 0.2) is 34.4 Å². The van der Waals surface area contributed by atoms with Gasteiger partial charge in [0.05, 0.1) is 20.3 Å². The molecule has 1 aromatic heterocycles. The van der Waals surface area contributed by atoms with Crippen molar-refractivity contribution in [3.63, 3.8) is 0 Å². The van der Waals surface area contributed by atoms with Crippen LogP contribution in [0.4, 0.5) is 4.79 Å². The van der Waals surface area contributed by atoms with Crippen LogP contribution in [-0.4, -0.2) is 43.3 Å². The second-order valence-electron chi connectivity index (χ2n) is 6.31. The molecule has 2 aliphatic heterocycles. The molecule has 2 aliphatic rings. The van der Waals surface area contributed by atoms with E-state index in [4.69, 9.17) is 18.6 Å². The van der Waals surface area contributed by atoms with E-state index in [-0.39, 0.29) is 30.6 Å². The third kappa shape index (κ3) is 3.54. The highest BCUT2D eigenvalue weighted by Crippen LogP contribution is 2.39. The Kier molecular flexibility index (Phi) is 5.05. The van der Waals surface area contributed by atoms with Crippen molar-refractivity contribution in [1.29, 1.82) is 0 Å². The Morgan fingerprint density at radius 3 is 2.73 bits per heavy atom. The Morgan fingerprint density at radius 1 is 1.23 bits per heavy atom. The van der Waals surface area contributed by atoms with Crippen LogP contribution >= 0.6 is 0 Å². The van der Waals surface area contributed by atoms with Crippen LogP contribution in [0.5, 0.6) is 17.2 Å². The van der Waals surface area contributed by atoms with Gasteiger partial charge in [-0.1, -0.05) is 0 Å². The molecule has 30 heavy (non-hydrogen) atoms. The quantitative estimate of drug-likeness (QED) is 0.435. The smallest absolute Gasteiger partial charge is 0.373 e. The number of amides is 3. The number of hydrogen-bond acceptors (Lipinski definition) is 8. The Bertz CT molecular complexity index is 1060. The molecule has 0 unspecified atom stereocenters. The largest absolute Gasteiger partial charge is 0.493 e. The summed E-state index contributed by atoms with van der Waals surface area (Å²) in [6.45, 7) is 2.19. The van der Waals surface area contributed by atoms with Crippen LogP contribution in [0.3, 0.4) is 0 Å². The highest BCUT2D eigenvalue weighted by Gasteiger charge is 2.35. The number of esters is 1. The van der Waals surface area contributed by atoms with Gasteiger partial charge in [0.25, 0.3) is 5.91 Å². The maximum absolute atomic E-state index is 12.8. The van der Waals surface area contributed by atoms with Crippen molar-refractivity contribution in [2.45, 2.75) is 13.5 Å². The Balaban J connectivity index is 1.57. The van der Waals surface area contributed by atoms with E-state index >= 15 is 0 Å². The first-order valence-electron chi connectivity index (χ1n) is 9.08. The summed E-state index contributed by atoms with van der Waals surface area (Å²) in [5.41, 5.74) is 0.622. The number of rotatable bonds is 6. The van der Waals surface area contributed by atoms with Gasteiger partial charge in [-0.05, 0) is 31.2 Å². The molecule has 1 aromatic carbocycles. The Hall–Kier alpha value is -3.95. The minimum Gasteiger partial charge on any atom is -0.493 e. The zero-order valence-corrected chi connectivity index (χ0v) is 16.2. The summed E-state index contributed by atoms with van der Waals surface area (Å²) in [6.07, 6.45) is 1.51. The first-order chi connectivity index (χ1) is 14.5. The van der Waals surface area contributed by atoms with Crippen molar-refractivity contribution in [2.24, 2.45) is 0 Å². The molecule has 1 saturated heterocycles. The standard InChI is InChI=1S/C20H18N2O8/c1-3-27-15-8-17-16(28-10-29-17)7-11(15)6-13-18(23)22(20(25)21-13)9-12-4-5-14(30-12)19(24)26-2/h4-8H,3,9-10H2,1-2H3,(H,21,25). The molecule has 0 bridgehead atoms. The van der Waals surface area contributed by atoms with E-state index in [1.807, 2.05) is 6.92 Å². The summed E-state index contributed by atoms with van der Waals surface area (Å²) in [7, 11) is 1.23. The summed E-state index contributed by atoms with van der Waals surface area (Å²) >= 11 is 0. The van der Waals surface area contributed by atoms with Crippen molar-refractivity contribution in [3.8, 4) is 17.2 Å². The van der Waals surface area contributed by atoms with E-state index in [1.54, 1.807) is 12.1 Å². The number of carbonyl (C=O) groups excluding carboxylic acids is 3. The number of urea groups is 1. The zero-order chi connectivity index (χ0) is 21.3. The average molecular weight is 414 g/mol. The number of ether oxygens (including phenoxy) is 4. The normalized spacial score (nSPS) is 16.2. The summed E-state index contributed by atoms with van der Waals surface area (Å²) in [4.78, 5) is 37.6. The molecule has 0 spiro atoms. The van der Waals surface area contributed by atoms with Crippen LogP contribution in [0.1, 0.15) is 28.8 Å². The van der Waals surface area contributed by atoms with Crippen LogP contribution in [0.25, 0.3) is 6.08 Å². The lowest BCUT2D eigenvalue weighted by molar-refractivity contribution is -0.123. The predicted octanol–water partition coefficient (Wildman–Crippen LogP) is 2.29. The Morgan fingerprint density at radius 2 is 2.00 bits per heavy atom. The van der Waals surface area contributed by atoms with Gasteiger partial charge in [-0.2, -0.15) is 0 Å². The van der Waals surface area contributed by atoms with Gasteiger partial charge in [0.2, 0.25) is 12.6 Å². The van der Waals surface area contributed by atoms with E-state index in [2.05, 4.69) is 10.1 Å². The molecule has 0 atom stereocenters. The number of methoxy groups -OCH3 is 1. The molecule has 1 fully saturated rings. The molecular weight excluding hydrogens is 396 g/mol. The van der Waals surface area contributed by atoms with E-state index in [0.717, 1.165) is 4.90 Å². The molecule has 156 valence electrons. The van der Waals surface area contributed by atoms with E-state index < -0.39 is 17.9 Å². The van der Waals surface area contributed by atoms with E-state index in [0.29, 0.717) is 29.4 Å². The summed E-state index contributed by atoms with van der Waals surface area (Å²) in [5, 5.41) is 2.54. The van der Waals surface area contributed by atoms with Gasteiger partial charge in [0.1, 0.15) is 17.2 Å². The number of benzene rings is 1. The maximum atomic E-state index is 12.8. The minimum atomic E-state index is -0.648. The number of furan rings is 1. The molecule has 1 N–H and O–H groups in total. The van der Waals surface area contributed by atoms with E-state index in [9.17, 15) is 14.4 Å². The minimum absolute atomic E-state index is 0.0166. The first-order valence-corrected chi connectivity index (χ1v) is 9.08. The lowest BCUT2D eigenvalue weighted by atomic mass is 10.1. The fourth-order valence-corrected chi connectivity index (χ4v) is 3.03. The number of hydrogen-bond donors (Lipinski definition) is 1. The fraction of sp³-hybridized carbons (Fsp3) is 0.250. The fourth-order valence-electron chi connectivity index (χ4n) is 3.03. The topological polar surface area (TPSA) is 117 Å². The van der Waals surface area contributed by atoms with Crippen molar-refractivity contribution in [1.82, 2.24) is 10.2 Å². The van der Waals surface area contributed by atoms with Crippen molar-refractivity contribution >= 4 is 24.0 Å². The van der Waals surface area contributed by atoms with Crippen LogP contribution in [0.2, 0.25) is 0 Å². The van der Waals surface area contributed by atoms with Crippen molar-refractivity contribution in [3.05, 3.63) is 47.0 Å². The molecule has 0 aliphatic carbocycles. The number of nitrogens with one attached hydrogen (secondary N) is 1. The molecule has 0 saturated carbocycles. The molecule has 4 rings (SSSR count). The molecule has 10 nitrogen and oxygen atoms in total. The van der Waals surface area contributed by atoms with Crippen molar-refractivity contribution in [2.75, 3.05) is 20.5 Å². The number of nitrogens with zero attached hydrogens (tertiary/aromatic N) is 1. The maximum Gasteiger partial charge on any atom is 0.373 e. The summed E-state index contributed by atoms with van der Waals surface area (Å²) < 4.78 is 26.2. The molecule has 10 heteroatoms. The third-order valence-electron chi connectivity index (χ3n) is 4.43. The third-order valence-corrected chi connectivity index (χ3v) is 4.43. The molecular formula is C20H18N2O8. The molecule has 3 heterocycles. The van der Waals surface area contributed by atoms with Gasteiger partial charge in [0, 0.05) is 11.6 Å². The van der Waals surface area contributed by atoms with Gasteiger partial charge < -0.3 is 28.7 Å². The highest BCUT2D eigenvalue weighted by atomic mass is 16.7. The van der Waals surface area contributed by atoms with Gasteiger partial charge in [0.15, 0.2) is 11.5 Å². The molecule has 3 amide bonds. The molecule has 2 aromatic rings. The number of fused-ring (bicyclic) bond motifs is 1. The number of imide groups is 1. The lowest BCUT2D eigenvalue weighted by Gasteiger charge is -2.10. The molecule has 0 radical (unpaired) electrons. The second-order valence-corrected chi connectivity index (χ2v) is 6.31. The summed E-state index contributed by atoms with van der Waals surface area (Å²) in [5.74, 6) is 0.605. The van der Waals surface area contributed by atoms with Gasteiger partial charge in [-0.15, -0.1) is 0 Å². The zero-order valence-electron chi connectivity index (χ0n) is 16.2. The second kappa shape index (κ2) is 7.82. The average Bonchev–Trinajstić information content (AvgIpc) is 3.44. The monoisotopic (exact) mass is 414 g/mol. The SMILES string of the molecule is CCOc1cc2c(cc1C=C1NC(=O)N(Cc3ccc(C(=O)OC)o3)C1=O)OCO2. The van der Waals surface area contributed by atoms with Crippen LogP contribution in [-0.2, 0) is 16.1 Å². The first kappa shape index (κ1) is 19.4. The number of carbonyl (C=O) groups is 3. The van der Waals surface area contributed by atoms with E-state index in [1.165, 1.54) is 25.3 Å². The lowest BCUT2D eigenvalue weighted by Crippen LogP contribution is -2.30. The van der Waals surface area contributed by atoms with Gasteiger partial charge >= 0.3 is 12.0 Å². The predicted molar refractivity (Wildman–Crippen MR) is 101 cm³/mol. The Labute approximate surface area is 170 Å². The highest BCUT2D eigenvalue weighted by molar-refractivity contribution is 6.14. The van der Waals surface area contributed by atoms with Crippen molar-refractivity contribution < 1.29 is 37.7 Å². The summed E-state index contributed by atoms with van der Waals surface area (Å²) in [6, 6.07) is 5.66. The van der Waals surface area contributed by atoms with Crippen LogP contribution < -0.4 is 19.5 Å². The van der Waals surface area contributed by atoms with Crippen LogP contribution in [0, 0.1) is 0 Å². The van der Waals surface area contributed by atoms with Gasteiger partial charge in [-0.25, -0.2) is 9.59 Å². The van der Waals surface area contributed by atoms with Gasteiger partial charge in [-0.3, -0.25) is 9.69 Å².